The molecule has 1 fully saturated rings. The minimum atomic E-state index is -0.893. The van der Waals surface area contributed by atoms with Gasteiger partial charge in [-0.1, -0.05) is 52.8 Å². The quantitative estimate of drug-likeness (QED) is 0.203. The molecule has 0 bridgehead atoms. The van der Waals surface area contributed by atoms with Gasteiger partial charge < -0.3 is 9.84 Å². The average Bonchev–Trinajstić information content (AvgIpc) is 3.37. The van der Waals surface area contributed by atoms with E-state index in [-0.39, 0.29) is 11.3 Å². The molecule has 4 aromatic rings. The smallest absolute Gasteiger partial charge is 0.301 e. The van der Waals surface area contributed by atoms with E-state index in [2.05, 4.69) is 4.98 Å². The average molecular weight is 505 g/mol. The maximum absolute atomic E-state index is 13.4. The first-order chi connectivity index (χ1) is 16.8. The molecule has 0 saturated carbocycles. The van der Waals surface area contributed by atoms with Gasteiger partial charge in [0.25, 0.3) is 5.78 Å². The molecule has 5 rings (SSSR count). The van der Waals surface area contributed by atoms with Gasteiger partial charge in [0, 0.05) is 10.6 Å². The second-order valence-electron chi connectivity index (χ2n) is 8.37. The van der Waals surface area contributed by atoms with Crippen LogP contribution in [0.3, 0.4) is 0 Å². The summed E-state index contributed by atoms with van der Waals surface area (Å²) in [6.45, 7) is 3.75. The number of aliphatic hydroxyl groups excluding tert-OH is 1. The second kappa shape index (κ2) is 8.83. The number of carbonyl (C=O) groups is 2. The van der Waals surface area contributed by atoms with Crippen molar-refractivity contribution in [1.29, 1.82) is 0 Å². The third kappa shape index (κ3) is 3.96. The summed E-state index contributed by atoms with van der Waals surface area (Å²) in [4.78, 5) is 32.8. The van der Waals surface area contributed by atoms with Crippen LogP contribution < -0.4 is 9.64 Å². The zero-order valence-electron chi connectivity index (χ0n) is 19.2. The number of halogens is 1. The molecule has 2 heterocycles. The molecule has 3 aromatic carbocycles. The third-order valence-electron chi connectivity index (χ3n) is 6.05. The van der Waals surface area contributed by atoms with Crippen molar-refractivity contribution in [2.75, 3.05) is 12.0 Å². The summed E-state index contributed by atoms with van der Waals surface area (Å²) in [5.41, 5.74) is 3.49. The zero-order chi connectivity index (χ0) is 24.9. The fraction of sp³-hybridized carbons (Fsp3) is 0.148. The predicted molar refractivity (Wildman–Crippen MR) is 138 cm³/mol. The summed E-state index contributed by atoms with van der Waals surface area (Å²) < 4.78 is 6.11. The number of methoxy groups -OCH3 is 1. The highest BCUT2D eigenvalue weighted by Crippen LogP contribution is 2.45. The SMILES string of the molecule is COc1ccc2nc(N3C(=O)C(=O)/C(=C(/O)c4cc(C)ccc4C)C3c3cccc(Cl)c3)sc2c1. The largest absolute Gasteiger partial charge is 0.507 e. The lowest BCUT2D eigenvalue weighted by molar-refractivity contribution is -0.132. The second-order valence-corrected chi connectivity index (χ2v) is 9.82. The Hall–Kier alpha value is -3.68. The van der Waals surface area contributed by atoms with Gasteiger partial charge in [-0.3, -0.25) is 14.5 Å². The number of aromatic nitrogens is 1. The van der Waals surface area contributed by atoms with Crippen LogP contribution in [-0.4, -0.2) is 28.9 Å². The number of thiazole rings is 1. The van der Waals surface area contributed by atoms with Crippen molar-refractivity contribution in [3.8, 4) is 5.75 Å². The lowest BCUT2D eigenvalue weighted by Gasteiger charge is -2.23. The minimum absolute atomic E-state index is 0.00260. The van der Waals surface area contributed by atoms with Gasteiger partial charge in [-0.25, -0.2) is 4.98 Å². The van der Waals surface area contributed by atoms with Crippen LogP contribution in [0, 0.1) is 13.8 Å². The number of fused-ring (bicyclic) bond motifs is 1. The Balaban J connectivity index is 1.75. The molecule has 1 aliphatic rings. The van der Waals surface area contributed by atoms with Crippen LogP contribution in [0.2, 0.25) is 5.02 Å². The minimum Gasteiger partial charge on any atom is -0.507 e. The monoisotopic (exact) mass is 504 g/mol. The number of benzene rings is 3. The van der Waals surface area contributed by atoms with Gasteiger partial charge in [-0.15, -0.1) is 0 Å². The predicted octanol–water partition coefficient (Wildman–Crippen LogP) is 6.20. The first-order valence-corrected chi connectivity index (χ1v) is 12.1. The molecule has 1 unspecified atom stereocenters. The Labute approximate surface area is 211 Å². The molecule has 6 nitrogen and oxygen atoms in total. The van der Waals surface area contributed by atoms with Crippen LogP contribution in [0.1, 0.15) is 28.3 Å². The van der Waals surface area contributed by atoms with Crippen LogP contribution in [0.5, 0.6) is 5.75 Å². The van der Waals surface area contributed by atoms with Gasteiger partial charge in [-0.05, 0) is 61.4 Å². The Bertz CT molecular complexity index is 1540. The highest BCUT2D eigenvalue weighted by molar-refractivity contribution is 7.22. The molecule has 0 radical (unpaired) electrons. The van der Waals surface area contributed by atoms with Crippen LogP contribution in [-0.2, 0) is 9.59 Å². The third-order valence-corrected chi connectivity index (χ3v) is 7.30. The van der Waals surface area contributed by atoms with E-state index in [1.807, 2.05) is 32.0 Å². The zero-order valence-corrected chi connectivity index (χ0v) is 20.8. The molecule has 1 aliphatic heterocycles. The van der Waals surface area contributed by atoms with E-state index in [0.29, 0.717) is 32.5 Å². The number of hydrogen-bond acceptors (Lipinski definition) is 6. The maximum Gasteiger partial charge on any atom is 0.301 e. The van der Waals surface area contributed by atoms with Gasteiger partial charge in [0.15, 0.2) is 5.13 Å². The van der Waals surface area contributed by atoms with E-state index in [1.54, 1.807) is 49.6 Å². The van der Waals surface area contributed by atoms with Crippen molar-refractivity contribution < 1.29 is 19.4 Å². The molecular weight excluding hydrogens is 484 g/mol. The number of carbonyl (C=O) groups excluding carboxylic acids is 2. The number of aryl methyl sites for hydroxylation is 2. The van der Waals surface area contributed by atoms with Crippen LogP contribution >= 0.6 is 22.9 Å². The van der Waals surface area contributed by atoms with Crippen LogP contribution in [0.4, 0.5) is 5.13 Å². The Morgan fingerprint density at radius 1 is 1.09 bits per heavy atom. The van der Waals surface area contributed by atoms with Crippen LogP contribution in [0.15, 0.2) is 66.2 Å². The molecule has 8 heteroatoms. The number of aliphatic hydroxyl groups is 1. The first kappa shape index (κ1) is 23.1. The van der Waals surface area contributed by atoms with Gasteiger partial charge in [0.05, 0.1) is 28.9 Å². The van der Waals surface area contributed by atoms with E-state index in [1.165, 1.54) is 16.2 Å². The van der Waals surface area contributed by atoms with E-state index < -0.39 is 17.7 Å². The number of ether oxygens (including phenoxy) is 1. The number of Topliss-reactive ketones (excluding diaryl/α,β-unsaturated/α-hetero) is 1. The van der Waals surface area contributed by atoms with Crippen LogP contribution in [0.25, 0.3) is 16.0 Å². The van der Waals surface area contributed by atoms with E-state index in [4.69, 9.17) is 16.3 Å². The number of ketones is 1. The van der Waals surface area contributed by atoms with E-state index in [0.717, 1.165) is 15.8 Å². The summed E-state index contributed by atoms with van der Waals surface area (Å²) in [5, 5.41) is 12.2. The maximum atomic E-state index is 13.4. The summed E-state index contributed by atoms with van der Waals surface area (Å²) in [5.74, 6) is -1.09. The van der Waals surface area contributed by atoms with Gasteiger partial charge in [-0.2, -0.15) is 0 Å². The van der Waals surface area contributed by atoms with Crippen molar-refractivity contribution in [2.24, 2.45) is 0 Å². The lowest BCUT2D eigenvalue weighted by Crippen LogP contribution is -2.29. The molecule has 1 atom stereocenters. The summed E-state index contributed by atoms with van der Waals surface area (Å²) in [6, 6.07) is 17.1. The molecule has 0 aliphatic carbocycles. The van der Waals surface area contributed by atoms with Gasteiger partial charge in [0.1, 0.15) is 11.5 Å². The van der Waals surface area contributed by atoms with Crippen molar-refractivity contribution in [3.63, 3.8) is 0 Å². The molecule has 1 amide bonds. The van der Waals surface area contributed by atoms with E-state index >= 15 is 0 Å². The molecule has 1 saturated heterocycles. The molecular formula is C27H21ClN2O4S. The topological polar surface area (TPSA) is 79.7 Å². The summed E-state index contributed by atoms with van der Waals surface area (Å²) >= 11 is 7.56. The van der Waals surface area contributed by atoms with Crippen molar-refractivity contribution in [2.45, 2.75) is 19.9 Å². The summed E-state index contributed by atoms with van der Waals surface area (Å²) in [6.07, 6.45) is 0. The van der Waals surface area contributed by atoms with Crippen molar-refractivity contribution >= 4 is 55.7 Å². The normalized spacial score (nSPS) is 17.4. The number of rotatable bonds is 4. The first-order valence-electron chi connectivity index (χ1n) is 10.9. The van der Waals surface area contributed by atoms with Gasteiger partial charge >= 0.3 is 5.91 Å². The Kier molecular flexibility index (Phi) is 5.83. The molecule has 35 heavy (non-hydrogen) atoms. The Morgan fingerprint density at radius 2 is 1.89 bits per heavy atom. The standard InChI is InChI=1S/C27H21ClN2O4S/c1-14-7-8-15(2)19(11-14)24(31)22-23(16-5-4-6-17(28)12-16)30(26(33)25(22)32)27-29-20-10-9-18(34-3)13-21(20)35-27/h4-13,23,31H,1-3H3/b24-22+. The number of nitrogens with zero attached hydrogens (tertiary/aromatic N) is 2. The van der Waals surface area contributed by atoms with E-state index in [9.17, 15) is 14.7 Å². The fourth-order valence-electron chi connectivity index (χ4n) is 4.28. The summed E-state index contributed by atoms with van der Waals surface area (Å²) in [7, 11) is 1.58. The van der Waals surface area contributed by atoms with Crippen molar-refractivity contribution in [3.05, 3.63) is 93.5 Å². The molecule has 176 valence electrons. The highest BCUT2D eigenvalue weighted by Gasteiger charge is 2.48. The number of hydrogen-bond donors (Lipinski definition) is 1. The number of amides is 1. The molecule has 0 spiro atoms. The lowest BCUT2D eigenvalue weighted by atomic mass is 9.93. The number of anilines is 1. The molecule has 1 aromatic heterocycles. The van der Waals surface area contributed by atoms with Gasteiger partial charge in [0.2, 0.25) is 0 Å². The fourth-order valence-corrected chi connectivity index (χ4v) is 5.50. The van der Waals surface area contributed by atoms with Crippen molar-refractivity contribution in [1.82, 2.24) is 4.98 Å². The molecule has 1 N–H and O–H groups in total. The Morgan fingerprint density at radius 3 is 2.63 bits per heavy atom. The highest BCUT2D eigenvalue weighted by atomic mass is 35.5.